The zero-order chi connectivity index (χ0) is 27.2. The fourth-order valence-corrected chi connectivity index (χ4v) is 5.06. The monoisotopic (exact) mass is 576 g/mol. The molecule has 0 spiro atoms. The minimum absolute atomic E-state index is 0.151. The molecule has 0 aliphatic heterocycles. The van der Waals surface area contributed by atoms with Gasteiger partial charge in [-0.3, -0.25) is 14.4 Å². The Morgan fingerprint density at radius 3 is 2.38 bits per heavy atom. The topological polar surface area (TPSA) is 183 Å². The molecule has 0 radical (unpaired) electrons. The average molecular weight is 577 g/mol. The van der Waals surface area contributed by atoms with Gasteiger partial charge in [0.1, 0.15) is 11.6 Å². The number of hydrogen-bond donors (Lipinski definition) is 4. The highest BCUT2D eigenvalue weighted by Gasteiger charge is 2.43. The minimum atomic E-state index is -1.63. The number of aromatic amines is 1. The van der Waals surface area contributed by atoms with Crippen LogP contribution in [0.4, 0.5) is 0 Å². The summed E-state index contributed by atoms with van der Waals surface area (Å²) < 4.78 is 0.879. The molecule has 12 heteroatoms. The number of H-pyrrole nitrogens is 1. The van der Waals surface area contributed by atoms with Gasteiger partial charge in [-0.25, -0.2) is 0 Å². The van der Waals surface area contributed by atoms with Crippen LogP contribution in [0.1, 0.15) is 57.4 Å². The number of carbonyl (C=O) groups is 5. The van der Waals surface area contributed by atoms with E-state index in [-0.39, 0.29) is 19.3 Å². The van der Waals surface area contributed by atoms with Crippen molar-refractivity contribution in [3.8, 4) is 0 Å². The summed E-state index contributed by atoms with van der Waals surface area (Å²) in [5.41, 5.74) is 0.226. The molecule has 0 saturated heterocycles. The number of hydrogen-bond acceptors (Lipinski definition) is 7. The van der Waals surface area contributed by atoms with Crippen LogP contribution in [0.15, 0.2) is 28.9 Å². The van der Waals surface area contributed by atoms with Crippen LogP contribution in [0, 0.1) is 0 Å². The number of aromatic nitrogens is 1. The molecular weight excluding hydrogens is 548 g/mol. The first-order valence-electron chi connectivity index (χ1n) is 12.1. The Labute approximate surface area is 221 Å². The number of rotatable bonds is 11. The van der Waals surface area contributed by atoms with Crippen molar-refractivity contribution < 1.29 is 34.2 Å². The lowest BCUT2D eigenvalue weighted by atomic mass is 9.80. The second kappa shape index (κ2) is 12.2. The number of carboxylic acid groups (broad SMARTS) is 2. The smallest absolute Gasteiger partial charge is 0.246 e. The molecule has 37 heavy (non-hydrogen) atoms. The number of amides is 3. The summed E-state index contributed by atoms with van der Waals surface area (Å²) in [6, 6.07) is 3.08. The van der Waals surface area contributed by atoms with Gasteiger partial charge >= 0.3 is 0 Å². The largest absolute Gasteiger partial charge is 0.550 e. The summed E-state index contributed by atoms with van der Waals surface area (Å²) in [6.07, 6.45) is 3.50. The maximum Gasteiger partial charge on any atom is 0.246 e. The molecule has 3 amide bonds. The maximum atomic E-state index is 13.5. The fraction of sp³-hybridized carbons (Fsp3) is 0.480. The van der Waals surface area contributed by atoms with Crippen LogP contribution in [0.25, 0.3) is 10.9 Å². The minimum Gasteiger partial charge on any atom is -0.550 e. The quantitative estimate of drug-likeness (QED) is 0.279. The van der Waals surface area contributed by atoms with Crippen molar-refractivity contribution in [1.29, 1.82) is 0 Å². The van der Waals surface area contributed by atoms with Crippen molar-refractivity contribution in [1.82, 2.24) is 20.9 Å². The Hall–Kier alpha value is -3.41. The third-order valence-corrected chi connectivity index (χ3v) is 7.07. The second-order valence-corrected chi connectivity index (χ2v) is 10.3. The van der Waals surface area contributed by atoms with Gasteiger partial charge in [0.15, 0.2) is 0 Å². The standard InChI is InChI=1S/C25H31BrN4O7/c1-14(31)28-20(11-15-13-27-19-12-16(26)5-6-17(15)19)22(34)30-25(9-3-2-4-10-25)24(37)29-18(23(35)36)7-8-21(32)33/h5-6,12-13,18,20,27H,2-4,7-11H2,1H3,(H,28,31)(H,29,37)(H,30,34)(H,32,33)(H,35,36)/p-2/t18-,20-/m0/s1. The van der Waals surface area contributed by atoms with E-state index in [0.717, 1.165) is 27.4 Å². The molecule has 0 bridgehead atoms. The first kappa shape index (κ1) is 28.2. The third kappa shape index (κ3) is 7.31. The number of carbonyl (C=O) groups excluding carboxylic acids is 5. The lowest BCUT2D eigenvalue weighted by molar-refractivity contribution is -0.310. The SMILES string of the molecule is CC(=O)N[C@@H](Cc1c[nH]c2cc(Br)ccc12)C(=O)NC1(C(=O)N[C@@H](CCC(=O)[O-])C(=O)[O-])CCCCC1. The first-order chi connectivity index (χ1) is 17.5. The Kier molecular flexibility index (Phi) is 9.30. The summed E-state index contributed by atoms with van der Waals surface area (Å²) in [7, 11) is 0. The summed E-state index contributed by atoms with van der Waals surface area (Å²) in [5.74, 6) is -4.83. The molecule has 1 aliphatic carbocycles. The van der Waals surface area contributed by atoms with Crippen molar-refractivity contribution in [3.05, 3.63) is 34.4 Å². The highest BCUT2D eigenvalue weighted by Crippen LogP contribution is 2.29. The van der Waals surface area contributed by atoms with Crippen LogP contribution in [0.2, 0.25) is 0 Å². The van der Waals surface area contributed by atoms with E-state index in [2.05, 4.69) is 36.9 Å². The van der Waals surface area contributed by atoms with E-state index in [1.807, 2.05) is 18.2 Å². The number of benzene rings is 1. The summed E-state index contributed by atoms with van der Waals surface area (Å²) in [6.45, 7) is 1.29. The Bertz CT molecular complexity index is 1190. The van der Waals surface area contributed by atoms with Crippen LogP contribution >= 0.6 is 15.9 Å². The zero-order valence-corrected chi connectivity index (χ0v) is 21.9. The highest BCUT2D eigenvalue weighted by molar-refractivity contribution is 9.10. The molecule has 2 aromatic rings. The van der Waals surface area contributed by atoms with E-state index in [4.69, 9.17) is 0 Å². The third-order valence-electron chi connectivity index (χ3n) is 6.58. The number of halogens is 1. The van der Waals surface area contributed by atoms with Crippen molar-refractivity contribution in [2.45, 2.75) is 75.9 Å². The van der Waals surface area contributed by atoms with Gasteiger partial charge in [0.25, 0.3) is 0 Å². The first-order valence-corrected chi connectivity index (χ1v) is 12.9. The lowest BCUT2D eigenvalue weighted by Crippen LogP contribution is -2.65. The van der Waals surface area contributed by atoms with E-state index in [0.29, 0.717) is 12.8 Å². The van der Waals surface area contributed by atoms with Crippen LogP contribution in [-0.4, -0.2) is 52.3 Å². The van der Waals surface area contributed by atoms with E-state index < -0.39 is 60.1 Å². The van der Waals surface area contributed by atoms with Gasteiger partial charge in [-0.05, 0) is 43.4 Å². The van der Waals surface area contributed by atoms with Crippen molar-refractivity contribution in [2.24, 2.45) is 0 Å². The molecule has 4 N–H and O–H groups in total. The molecule has 1 heterocycles. The van der Waals surface area contributed by atoms with Crippen molar-refractivity contribution in [2.75, 3.05) is 0 Å². The molecule has 1 aromatic carbocycles. The molecule has 1 aliphatic rings. The van der Waals surface area contributed by atoms with Gasteiger partial charge in [-0.15, -0.1) is 0 Å². The molecule has 1 fully saturated rings. The maximum absolute atomic E-state index is 13.5. The van der Waals surface area contributed by atoms with Crippen LogP contribution in [-0.2, 0) is 30.4 Å². The molecule has 1 aromatic heterocycles. The predicted octanol–water partition coefficient (Wildman–Crippen LogP) is -0.438. The van der Waals surface area contributed by atoms with Crippen LogP contribution in [0.5, 0.6) is 0 Å². The second-order valence-electron chi connectivity index (χ2n) is 9.35. The van der Waals surface area contributed by atoms with Gasteiger partial charge in [0.05, 0.1) is 12.0 Å². The van der Waals surface area contributed by atoms with Crippen molar-refractivity contribution in [3.63, 3.8) is 0 Å². The molecule has 0 unspecified atom stereocenters. The lowest BCUT2D eigenvalue weighted by Gasteiger charge is -2.39. The number of carboxylic acids is 2. The molecular formula is C25H29BrN4O7-2. The number of fused-ring (bicyclic) bond motifs is 1. The summed E-state index contributed by atoms with van der Waals surface area (Å²) >= 11 is 3.41. The van der Waals surface area contributed by atoms with Gasteiger partial charge < -0.3 is 40.7 Å². The molecule has 11 nitrogen and oxygen atoms in total. The van der Waals surface area contributed by atoms with E-state index in [1.165, 1.54) is 6.92 Å². The highest BCUT2D eigenvalue weighted by atomic mass is 79.9. The van der Waals surface area contributed by atoms with E-state index >= 15 is 0 Å². The molecule has 1 saturated carbocycles. The predicted molar refractivity (Wildman–Crippen MR) is 132 cm³/mol. The van der Waals surface area contributed by atoms with Gasteiger partial charge in [0, 0.05) is 40.9 Å². The average Bonchev–Trinajstić information content (AvgIpc) is 3.22. The van der Waals surface area contributed by atoms with Gasteiger partial charge in [-0.2, -0.15) is 0 Å². The Morgan fingerprint density at radius 1 is 1.05 bits per heavy atom. The summed E-state index contributed by atoms with van der Waals surface area (Å²) in [5, 5.41) is 30.9. The fourth-order valence-electron chi connectivity index (χ4n) is 4.70. The molecule has 3 rings (SSSR count). The van der Waals surface area contributed by atoms with Crippen LogP contribution < -0.4 is 26.2 Å². The van der Waals surface area contributed by atoms with Gasteiger partial charge in [0.2, 0.25) is 17.7 Å². The zero-order valence-electron chi connectivity index (χ0n) is 20.4. The van der Waals surface area contributed by atoms with Gasteiger partial charge in [-0.1, -0.05) is 41.3 Å². The Morgan fingerprint density at radius 2 is 1.76 bits per heavy atom. The van der Waals surface area contributed by atoms with E-state index in [9.17, 15) is 34.2 Å². The number of nitrogens with one attached hydrogen (secondary N) is 4. The van der Waals surface area contributed by atoms with Crippen molar-refractivity contribution >= 4 is 56.5 Å². The summed E-state index contributed by atoms with van der Waals surface area (Å²) in [4.78, 5) is 64.1. The Balaban J connectivity index is 1.82. The molecule has 2 atom stereocenters. The normalized spacial score (nSPS) is 16.4. The van der Waals surface area contributed by atoms with Crippen LogP contribution in [0.3, 0.4) is 0 Å². The van der Waals surface area contributed by atoms with E-state index in [1.54, 1.807) is 6.20 Å². The number of aliphatic carboxylic acids is 2. The molecule has 200 valence electrons.